The second-order valence-corrected chi connectivity index (χ2v) is 7.87. The van der Waals surface area contributed by atoms with Gasteiger partial charge in [0, 0.05) is 31.5 Å². The van der Waals surface area contributed by atoms with Crippen molar-refractivity contribution in [2.75, 3.05) is 42.2 Å². The number of nitrogen functional groups attached to an aromatic ring is 1. The van der Waals surface area contributed by atoms with Crippen LogP contribution in [-0.2, 0) is 28.5 Å². The average Bonchev–Trinajstić information content (AvgIpc) is 3.13. The molecule has 0 spiro atoms. The molecule has 4 heterocycles. The maximum absolute atomic E-state index is 11.4. The van der Waals surface area contributed by atoms with Gasteiger partial charge < -0.3 is 44.7 Å². The summed E-state index contributed by atoms with van der Waals surface area (Å²) in [5.74, 6) is -0.589. The Bertz CT molecular complexity index is 1590. The van der Waals surface area contributed by atoms with Gasteiger partial charge in [-0.15, -0.1) is 0 Å². The van der Waals surface area contributed by atoms with Crippen LogP contribution in [0.15, 0.2) is 89.9 Å². The fourth-order valence-corrected chi connectivity index (χ4v) is 2.47. The zero-order valence-electron chi connectivity index (χ0n) is 27.8. The summed E-state index contributed by atoms with van der Waals surface area (Å²) in [6.45, 7) is 4.99. The Morgan fingerprint density at radius 2 is 1.49 bits per heavy atom. The number of pyridine rings is 3. The Kier molecular flexibility index (Phi) is 30.2. The van der Waals surface area contributed by atoms with E-state index in [9.17, 15) is 14.4 Å². The van der Waals surface area contributed by atoms with Gasteiger partial charge in [0.25, 0.3) is 5.56 Å². The number of H-pyrrole nitrogens is 1. The number of amidine groups is 1. The molecule has 18 heteroatoms. The molecule has 0 unspecified atom stereocenters. The molecular weight excluding hydrogens is 667 g/mol. The van der Waals surface area contributed by atoms with Gasteiger partial charge in [0.2, 0.25) is 11.7 Å². The third-order valence-corrected chi connectivity index (χ3v) is 4.71. The number of hydrogen-bond acceptors (Lipinski definition) is 15. The van der Waals surface area contributed by atoms with Crippen molar-refractivity contribution in [1.82, 2.24) is 24.9 Å². The van der Waals surface area contributed by atoms with E-state index in [-0.39, 0.29) is 92.3 Å². The Balaban J connectivity index is -0.000000554. The number of methoxy groups -OCH3 is 5. The molecule has 49 heavy (non-hydrogen) atoms. The van der Waals surface area contributed by atoms with Gasteiger partial charge in [-0.1, -0.05) is 18.2 Å². The molecule has 4 aromatic heterocycles. The van der Waals surface area contributed by atoms with Gasteiger partial charge in [-0.2, -0.15) is 5.26 Å². The Hall–Kier alpha value is -4.87. The van der Waals surface area contributed by atoms with Gasteiger partial charge in [0.1, 0.15) is 35.6 Å². The number of ether oxygens (including phenoxy) is 5. The predicted octanol–water partition coefficient (Wildman–Crippen LogP) is -1.08. The van der Waals surface area contributed by atoms with Crippen LogP contribution in [0.1, 0.15) is 11.4 Å². The molecule has 5 N–H and O–H groups in total. The number of nitrogens with two attached hydrogens (primary N) is 1. The van der Waals surface area contributed by atoms with Crippen molar-refractivity contribution in [1.29, 1.82) is 10.7 Å². The number of aromatic nitrogens is 5. The van der Waals surface area contributed by atoms with Crippen molar-refractivity contribution in [2.45, 2.75) is 0 Å². The minimum Gasteiger partial charge on any atom is -0.870 e. The first-order valence-corrected chi connectivity index (χ1v) is 13.0. The van der Waals surface area contributed by atoms with E-state index in [1.165, 1.54) is 41.7 Å². The van der Waals surface area contributed by atoms with Crippen LogP contribution in [0.2, 0.25) is 0 Å². The molecule has 0 radical (unpaired) electrons. The van der Waals surface area contributed by atoms with Crippen molar-refractivity contribution in [3.05, 3.63) is 113 Å². The summed E-state index contributed by atoms with van der Waals surface area (Å²) in [6.07, 6.45) is 6.22. The summed E-state index contributed by atoms with van der Waals surface area (Å²) in [5, 5.41) is 15.2. The largest absolute Gasteiger partial charge is 1.00 e. The summed E-state index contributed by atoms with van der Waals surface area (Å²) >= 11 is 0. The van der Waals surface area contributed by atoms with Crippen LogP contribution in [-0.4, -0.2) is 90.3 Å². The van der Waals surface area contributed by atoms with Gasteiger partial charge in [-0.05, 0) is 36.4 Å². The van der Waals surface area contributed by atoms with E-state index in [0.717, 1.165) is 0 Å². The van der Waals surface area contributed by atoms with Crippen LogP contribution in [0, 0.1) is 23.3 Å². The molecule has 4 rings (SSSR count). The van der Waals surface area contributed by atoms with Crippen LogP contribution < -0.4 is 67.4 Å². The molecule has 0 saturated carbocycles. The van der Waals surface area contributed by atoms with Gasteiger partial charge in [-0.3, -0.25) is 20.2 Å². The van der Waals surface area contributed by atoms with Gasteiger partial charge in [0.15, 0.2) is 5.82 Å². The minimum atomic E-state index is -0.646. The van der Waals surface area contributed by atoms with E-state index in [1.807, 2.05) is 12.1 Å². The fraction of sp³-hybridized carbons (Fsp3) is 0.194. The molecule has 0 fully saturated rings. The fourth-order valence-electron chi connectivity index (χ4n) is 2.47. The Morgan fingerprint density at radius 3 is 1.80 bits per heavy atom. The van der Waals surface area contributed by atoms with E-state index in [1.54, 1.807) is 67.1 Å². The molecule has 0 bridgehead atoms. The maximum atomic E-state index is 11.4. The van der Waals surface area contributed by atoms with Crippen LogP contribution in [0.25, 0.3) is 11.5 Å². The number of aromatic amines is 1. The zero-order chi connectivity index (χ0) is 35.5. The molecule has 0 amide bonds. The van der Waals surface area contributed by atoms with E-state index in [4.69, 9.17) is 27.7 Å². The smallest absolute Gasteiger partial charge is 0.870 e. The molecule has 0 aliphatic heterocycles. The van der Waals surface area contributed by atoms with Crippen LogP contribution in [0.5, 0.6) is 5.75 Å². The normalized spacial score (nSPS) is 8.41. The zero-order valence-corrected chi connectivity index (χ0v) is 30.9. The predicted molar refractivity (Wildman–Crippen MR) is 172 cm³/mol. The molecule has 0 atom stereocenters. The van der Waals surface area contributed by atoms with Gasteiger partial charge in [0.05, 0.1) is 34.6 Å². The number of carbonyl (C=O) groups excluding carboxylic acids is 2. The topological polar surface area (TPSA) is 268 Å². The van der Waals surface area contributed by atoms with Crippen LogP contribution in [0.4, 0.5) is 0 Å². The van der Waals surface area contributed by atoms with Crippen LogP contribution >= 0.6 is 0 Å². The van der Waals surface area contributed by atoms with E-state index in [2.05, 4.69) is 43.9 Å². The van der Waals surface area contributed by atoms with Crippen molar-refractivity contribution >= 4 is 17.8 Å². The molecule has 0 saturated heterocycles. The SMILES string of the molecule is COCC(=O)OC.COc1cnc(-c2ccccn2)[nH]c1=O.N#Cc1ccccn1.N=C(N)c1ccccn1.[CH-]=C(OC)C(=O)OC.[K+].[OH-]. The van der Waals surface area contributed by atoms with Gasteiger partial charge >= 0.3 is 57.4 Å². The average molecular weight is 704 g/mol. The quantitative estimate of drug-likeness (QED) is 0.0393. The number of esters is 2. The minimum absolute atomic E-state index is 0. The van der Waals surface area contributed by atoms with Crippen molar-refractivity contribution in [3.63, 3.8) is 0 Å². The molecule has 0 aliphatic carbocycles. The first-order valence-electron chi connectivity index (χ1n) is 13.0. The van der Waals surface area contributed by atoms with Gasteiger partial charge in [-0.25, -0.2) is 21.3 Å². The molecule has 256 valence electrons. The third-order valence-electron chi connectivity index (χ3n) is 4.71. The van der Waals surface area contributed by atoms with Crippen molar-refractivity contribution < 1.29 is 90.1 Å². The van der Waals surface area contributed by atoms with Crippen molar-refractivity contribution in [2.24, 2.45) is 5.73 Å². The number of hydrogen-bond donors (Lipinski definition) is 3. The van der Waals surface area contributed by atoms with E-state index < -0.39 is 5.97 Å². The summed E-state index contributed by atoms with van der Waals surface area (Å²) in [7, 11) is 6.71. The summed E-state index contributed by atoms with van der Waals surface area (Å²) in [6, 6.07) is 17.8. The summed E-state index contributed by atoms with van der Waals surface area (Å²) in [5.41, 5.74) is 6.44. The monoisotopic (exact) mass is 703 g/mol. The number of nitriles is 1. The number of carbonyl (C=O) groups is 2. The number of nitrogens with zero attached hydrogens (tertiary/aromatic N) is 5. The Morgan fingerprint density at radius 1 is 0.898 bits per heavy atom. The van der Waals surface area contributed by atoms with E-state index >= 15 is 0 Å². The first-order chi connectivity index (χ1) is 22.6. The Labute approximate surface area is 325 Å². The molecular formula is C31H36KN8O9-. The standard InChI is InChI=1S/C10H9N3O2.C6H7N3.C6H4N2.C5H7O3.C4H8O3.K.H2O/c1-15-8-6-12-9(13-10(8)14)7-4-2-3-5-11-7;7-6(8)5-3-1-2-4-9-5;7-5-6-3-1-2-4-8-6;1-4(7-2)5(6)8-3;1-6-3-4(5)7-2;;/h2-6H,1H3,(H,12,13,14);1-4H,(H3,7,8);1-4H;1H,2-3H3;3H2,1-2H3;;1H2/q;;;-1;;+1;/p-1. The first kappa shape index (κ1) is 48.5. The molecule has 4 aromatic rings. The second-order valence-electron chi connectivity index (χ2n) is 7.87. The second kappa shape index (κ2) is 30.5. The third kappa shape index (κ3) is 22.4. The number of rotatable bonds is 7. The number of nitrogens with one attached hydrogen (secondary N) is 2. The summed E-state index contributed by atoms with van der Waals surface area (Å²) in [4.78, 5) is 50.0. The summed E-state index contributed by atoms with van der Waals surface area (Å²) < 4.78 is 22.0. The van der Waals surface area contributed by atoms with Crippen molar-refractivity contribution in [3.8, 4) is 23.3 Å². The molecule has 0 aliphatic rings. The molecule has 0 aromatic carbocycles. The van der Waals surface area contributed by atoms with E-state index in [0.29, 0.717) is 22.9 Å². The molecule has 17 nitrogen and oxygen atoms in total. The maximum Gasteiger partial charge on any atom is 1.00 e. The van der Waals surface area contributed by atoms with Crippen LogP contribution in [0.3, 0.4) is 0 Å².